The number of allylic oxidation sites excluding steroid dienone is 1. The van der Waals surface area contributed by atoms with Crippen LogP contribution in [0.15, 0.2) is 60.2 Å². The van der Waals surface area contributed by atoms with Gasteiger partial charge in [-0.2, -0.15) is 0 Å². The molecule has 2 aromatic rings. The Morgan fingerprint density at radius 2 is 1.35 bits per heavy atom. The molecule has 0 aliphatic heterocycles. The van der Waals surface area contributed by atoms with Crippen LogP contribution in [0.3, 0.4) is 0 Å². The van der Waals surface area contributed by atoms with Gasteiger partial charge in [-0.05, 0) is 66.2 Å². The summed E-state index contributed by atoms with van der Waals surface area (Å²) in [6.07, 6.45) is 9.97. The van der Waals surface area contributed by atoms with Crippen molar-refractivity contribution >= 4 is 17.6 Å². The maximum absolute atomic E-state index is 10.7. The smallest absolute Gasteiger partial charge is 0.328 e. The second kappa shape index (κ2) is 8.52. The molecule has 0 unspecified atom stereocenters. The Morgan fingerprint density at radius 3 is 1.88 bits per heavy atom. The minimum absolute atomic E-state index is 0.271. The van der Waals surface area contributed by atoms with Gasteiger partial charge in [0.2, 0.25) is 0 Å². The average molecular weight is 348 g/mol. The van der Waals surface area contributed by atoms with E-state index in [1.807, 2.05) is 24.3 Å². The van der Waals surface area contributed by atoms with Crippen LogP contribution in [0.4, 0.5) is 0 Å². The van der Waals surface area contributed by atoms with E-state index >= 15 is 0 Å². The summed E-state index contributed by atoms with van der Waals surface area (Å²) in [7, 11) is 0. The van der Waals surface area contributed by atoms with Gasteiger partial charge in [0.05, 0.1) is 0 Å². The Hall–Kier alpha value is -2.81. The van der Waals surface area contributed by atoms with Crippen LogP contribution < -0.4 is 0 Å². The molecule has 0 atom stereocenters. The lowest BCUT2D eigenvalue weighted by molar-refractivity contribution is -0.131. The number of aliphatic carboxylic acids is 1. The van der Waals surface area contributed by atoms with Crippen molar-refractivity contribution < 1.29 is 15.0 Å². The molecule has 0 bridgehead atoms. The van der Waals surface area contributed by atoms with Crippen LogP contribution in [0, 0.1) is 0 Å². The van der Waals surface area contributed by atoms with Gasteiger partial charge in [0, 0.05) is 6.08 Å². The number of carboxylic acid groups (broad SMARTS) is 1. The van der Waals surface area contributed by atoms with Gasteiger partial charge >= 0.3 is 5.97 Å². The Morgan fingerprint density at radius 1 is 0.808 bits per heavy atom. The molecule has 26 heavy (non-hydrogen) atoms. The molecule has 1 saturated carbocycles. The number of phenolic OH excluding ortho intramolecular Hbond substituents is 1. The number of benzene rings is 2. The second-order valence-electron chi connectivity index (χ2n) is 6.73. The van der Waals surface area contributed by atoms with Gasteiger partial charge in [-0.25, -0.2) is 4.79 Å². The molecule has 0 heterocycles. The minimum Gasteiger partial charge on any atom is -0.508 e. The number of aromatic hydroxyl groups is 1. The van der Waals surface area contributed by atoms with Crippen molar-refractivity contribution in [1.29, 1.82) is 0 Å². The van der Waals surface area contributed by atoms with Crippen molar-refractivity contribution in [2.45, 2.75) is 38.5 Å². The molecule has 0 radical (unpaired) electrons. The molecule has 3 rings (SSSR count). The van der Waals surface area contributed by atoms with E-state index in [0.717, 1.165) is 35.6 Å². The standard InChI is InChI=1S/C23H24O3/c24-21-14-12-20(13-15-21)23(18-5-3-1-2-4-6-18)19-10-7-17(8-11-19)9-16-22(25)26/h7-16,24H,1-6H2,(H,25,26). The lowest BCUT2D eigenvalue weighted by Gasteiger charge is -2.16. The fraction of sp³-hybridized carbons (Fsp3) is 0.261. The first-order chi connectivity index (χ1) is 12.6. The van der Waals surface area contributed by atoms with Crippen LogP contribution in [0.2, 0.25) is 0 Å². The third-order valence-electron chi connectivity index (χ3n) is 4.83. The van der Waals surface area contributed by atoms with Crippen molar-refractivity contribution in [2.24, 2.45) is 0 Å². The van der Waals surface area contributed by atoms with Crippen LogP contribution in [0.1, 0.15) is 55.2 Å². The number of rotatable bonds is 4. The predicted octanol–water partition coefficient (Wildman–Crippen LogP) is 5.65. The van der Waals surface area contributed by atoms with E-state index in [9.17, 15) is 9.90 Å². The molecule has 3 heteroatoms. The maximum Gasteiger partial charge on any atom is 0.328 e. The minimum atomic E-state index is -0.945. The summed E-state index contributed by atoms with van der Waals surface area (Å²) in [4.78, 5) is 10.7. The first-order valence-electron chi connectivity index (χ1n) is 9.16. The molecule has 0 saturated heterocycles. The fourth-order valence-corrected chi connectivity index (χ4v) is 3.54. The van der Waals surface area contributed by atoms with Crippen molar-refractivity contribution in [3.63, 3.8) is 0 Å². The number of phenols is 1. The van der Waals surface area contributed by atoms with Crippen LogP contribution in [0.5, 0.6) is 5.75 Å². The highest BCUT2D eigenvalue weighted by molar-refractivity contribution is 5.86. The molecular weight excluding hydrogens is 324 g/mol. The third-order valence-corrected chi connectivity index (χ3v) is 4.83. The molecule has 2 N–H and O–H groups in total. The Kier molecular flexibility index (Phi) is 5.90. The van der Waals surface area contributed by atoms with Crippen LogP contribution >= 0.6 is 0 Å². The van der Waals surface area contributed by atoms with E-state index in [0.29, 0.717) is 0 Å². The molecule has 0 amide bonds. The number of hydrogen-bond acceptors (Lipinski definition) is 2. The lowest BCUT2D eigenvalue weighted by atomic mass is 9.89. The molecule has 1 aliphatic carbocycles. The van der Waals surface area contributed by atoms with Crippen molar-refractivity contribution in [1.82, 2.24) is 0 Å². The maximum atomic E-state index is 10.7. The fourth-order valence-electron chi connectivity index (χ4n) is 3.54. The molecule has 2 aromatic carbocycles. The van der Waals surface area contributed by atoms with E-state index in [-0.39, 0.29) is 5.75 Å². The van der Waals surface area contributed by atoms with Gasteiger partial charge in [-0.15, -0.1) is 0 Å². The summed E-state index contributed by atoms with van der Waals surface area (Å²) in [6, 6.07) is 15.4. The van der Waals surface area contributed by atoms with Crippen molar-refractivity contribution in [2.75, 3.05) is 0 Å². The molecule has 3 nitrogen and oxygen atoms in total. The first-order valence-corrected chi connectivity index (χ1v) is 9.16. The van der Waals surface area contributed by atoms with E-state index in [1.54, 1.807) is 18.2 Å². The monoisotopic (exact) mass is 348 g/mol. The van der Waals surface area contributed by atoms with E-state index in [4.69, 9.17) is 5.11 Å². The normalized spacial score (nSPS) is 15.0. The lowest BCUT2D eigenvalue weighted by Crippen LogP contribution is -1.95. The van der Waals surface area contributed by atoms with E-state index in [2.05, 4.69) is 12.1 Å². The zero-order valence-corrected chi connectivity index (χ0v) is 14.8. The first kappa shape index (κ1) is 18.0. The summed E-state index contributed by atoms with van der Waals surface area (Å²) in [6.45, 7) is 0. The molecule has 0 aromatic heterocycles. The Balaban J connectivity index is 2.01. The Bertz CT molecular complexity index is 802. The zero-order valence-electron chi connectivity index (χ0n) is 14.8. The molecule has 1 aliphatic rings. The summed E-state index contributed by atoms with van der Waals surface area (Å²) >= 11 is 0. The summed E-state index contributed by atoms with van der Waals surface area (Å²) in [5, 5.41) is 18.4. The van der Waals surface area contributed by atoms with E-state index in [1.165, 1.54) is 36.8 Å². The van der Waals surface area contributed by atoms with Gasteiger partial charge in [-0.1, -0.05) is 54.8 Å². The van der Waals surface area contributed by atoms with Crippen molar-refractivity contribution in [3.8, 4) is 5.75 Å². The molecular formula is C23H24O3. The van der Waals surface area contributed by atoms with Crippen LogP contribution in [0.25, 0.3) is 11.6 Å². The van der Waals surface area contributed by atoms with Gasteiger partial charge in [0.15, 0.2) is 0 Å². The second-order valence-corrected chi connectivity index (χ2v) is 6.73. The van der Waals surface area contributed by atoms with Crippen molar-refractivity contribution in [3.05, 3.63) is 76.9 Å². The van der Waals surface area contributed by atoms with Gasteiger partial charge in [-0.3, -0.25) is 0 Å². The predicted molar refractivity (Wildman–Crippen MR) is 105 cm³/mol. The highest BCUT2D eigenvalue weighted by atomic mass is 16.4. The quantitative estimate of drug-likeness (QED) is 0.555. The van der Waals surface area contributed by atoms with Gasteiger partial charge in [0.1, 0.15) is 5.75 Å². The highest BCUT2D eigenvalue weighted by Crippen LogP contribution is 2.35. The molecule has 1 fully saturated rings. The van der Waals surface area contributed by atoms with Crippen LogP contribution in [-0.4, -0.2) is 16.2 Å². The summed E-state index contributed by atoms with van der Waals surface area (Å²) in [5.74, 6) is -0.674. The highest BCUT2D eigenvalue weighted by Gasteiger charge is 2.14. The number of carbonyl (C=O) groups is 1. The summed E-state index contributed by atoms with van der Waals surface area (Å²) < 4.78 is 0. The van der Waals surface area contributed by atoms with Gasteiger partial charge in [0.25, 0.3) is 0 Å². The number of hydrogen-bond donors (Lipinski definition) is 2. The largest absolute Gasteiger partial charge is 0.508 e. The topological polar surface area (TPSA) is 57.5 Å². The summed E-state index contributed by atoms with van der Waals surface area (Å²) in [5.41, 5.74) is 5.85. The zero-order chi connectivity index (χ0) is 18.4. The van der Waals surface area contributed by atoms with E-state index < -0.39 is 5.97 Å². The van der Waals surface area contributed by atoms with Gasteiger partial charge < -0.3 is 10.2 Å². The average Bonchev–Trinajstić information content (AvgIpc) is 2.92. The third kappa shape index (κ3) is 4.63. The van der Waals surface area contributed by atoms with Crippen LogP contribution in [-0.2, 0) is 4.79 Å². The molecule has 0 spiro atoms. The SMILES string of the molecule is O=C(O)C=Cc1ccc(C(=C2CCCCCC2)c2ccc(O)cc2)cc1. The Labute approximate surface area is 154 Å². The molecule has 134 valence electrons. The number of carboxylic acids is 1.